The second kappa shape index (κ2) is 9.92. The van der Waals surface area contributed by atoms with E-state index in [0.29, 0.717) is 17.1 Å². The van der Waals surface area contributed by atoms with E-state index in [0.717, 1.165) is 0 Å². The summed E-state index contributed by atoms with van der Waals surface area (Å²) in [6, 6.07) is 20.5. The summed E-state index contributed by atoms with van der Waals surface area (Å²) in [6.07, 6.45) is -1.15. The van der Waals surface area contributed by atoms with Crippen LogP contribution in [0.3, 0.4) is 0 Å². The number of carbonyl (C=O) groups is 3. The van der Waals surface area contributed by atoms with E-state index in [-0.39, 0.29) is 12.4 Å². The van der Waals surface area contributed by atoms with Crippen molar-refractivity contribution >= 4 is 17.8 Å². The van der Waals surface area contributed by atoms with Gasteiger partial charge in [0.15, 0.2) is 6.10 Å². The lowest BCUT2D eigenvalue weighted by Gasteiger charge is -2.13. The second-order valence-electron chi connectivity index (χ2n) is 6.22. The summed E-state index contributed by atoms with van der Waals surface area (Å²) in [5.41, 5.74) is 4.85. The van der Waals surface area contributed by atoms with Gasteiger partial charge in [-0.25, -0.2) is 4.79 Å². The zero-order chi connectivity index (χ0) is 21.3. The zero-order valence-corrected chi connectivity index (χ0v) is 16.2. The molecule has 0 unspecified atom stereocenters. The van der Waals surface area contributed by atoms with Crippen LogP contribution in [-0.4, -0.2) is 23.9 Å². The van der Waals surface area contributed by atoms with E-state index in [1.165, 1.54) is 13.0 Å². The maximum atomic E-state index is 12.2. The molecule has 1 heterocycles. The monoisotopic (exact) mass is 408 g/mol. The summed E-state index contributed by atoms with van der Waals surface area (Å²) in [5.74, 6) is -0.949. The van der Waals surface area contributed by atoms with Crippen LogP contribution < -0.4 is 15.6 Å². The van der Waals surface area contributed by atoms with E-state index in [2.05, 4.69) is 10.9 Å². The number of benzene rings is 2. The molecular weight excluding hydrogens is 388 g/mol. The maximum absolute atomic E-state index is 12.2. The number of para-hydroxylation sites is 1. The Morgan fingerprint density at radius 1 is 0.900 bits per heavy atom. The fourth-order valence-corrected chi connectivity index (χ4v) is 2.39. The van der Waals surface area contributed by atoms with Crippen molar-refractivity contribution in [3.8, 4) is 5.75 Å². The molecule has 0 saturated carbocycles. The van der Waals surface area contributed by atoms with Gasteiger partial charge in [-0.1, -0.05) is 36.4 Å². The van der Waals surface area contributed by atoms with Crippen LogP contribution in [0.4, 0.5) is 0 Å². The van der Waals surface area contributed by atoms with Gasteiger partial charge < -0.3 is 13.9 Å². The van der Waals surface area contributed by atoms with Crippen molar-refractivity contribution < 1.29 is 28.3 Å². The molecule has 3 rings (SSSR count). The first-order valence-electron chi connectivity index (χ1n) is 9.15. The van der Waals surface area contributed by atoms with Gasteiger partial charge in [-0.05, 0) is 43.3 Å². The molecule has 3 aromatic rings. The first-order valence-corrected chi connectivity index (χ1v) is 9.15. The molecule has 2 aromatic carbocycles. The van der Waals surface area contributed by atoms with Crippen molar-refractivity contribution in [3.63, 3.8) is 0 Å². The van der Waals surface area contributed by atoms with Gasteiger partial charge in [-0.15, -0.1) is 0 Å². The minimum Gasteiger partial charge on any atom is -0.486 e. The van der Waals surface area contributed by atoms with E-state index in [1.54, 1.807) is 48.5 Å². The molecule has 8 heteroatoms. The average Bonchev–Trinajstić information content (AvgIpc) is 3.26. The average molecular weight is 408 g/mol. The molecule has 0 fully saturated rings. The predicted molar refractivity (Wildman–Crippen MR) is 106 cm³/mol. The molecule has 0 saturated heterocycles. The SMILES string of the molecule is C[C@@H](OC(=O)c1ccc(COc2ccccc2)o1)C(=O)NNC(=O)c1ccccc1. The van der Waals surface area contributed by atoms with Crippen LogP contribution in [0.5, 0.6) is 5.75 Å². The summed E-state index contributed by atoms with van der Waals surface area (Å²) in [7, 11) is 0. The third kappa shape index (κ3) is 5.71. The molecule has 8 nitrogen and oxygen atoms in total. The molecule has 0 spiro atoms. The van der Waals surface area contributed by atoms with Crippen LogP contribution >= 0.6 is 0 Å². The minimum atomic E-state index is -1.15. The first-order chi connectivity index (χ1) is 14.5. The molecule has 0 radical (unpaired) electrons. The van der Waals surface area contributed by atoms with Gasteiger partial charge >= 0.3 is 5.97 Å². The fourth-order valence-electron chi connectivity index (χ4n) is 2.39. The highest BCUT2D eigenvalue weighted by molar-refractivity contribution is 5.96. The molecule has 1 atom stereocenters. The van der Waals surface area contributed by atoms with Gasteiger partial charge in [0.2, 0.25) is 5.76 Å². The summed E-state index contributed by atoms with van der Waals surface area (Å²) in [4.78, 5) is 36.2. The van der Waals surface area contributed by atoms with Gasteiger partial charge in [0.25, 0.3) is 11.8 Å². The molecule has 0 bridgehead atoms. The van der Waals surface area contributed by atoms with Gasteiger partial charge in [-0.2, -0.15) is 0 Å². The summed E-state index contributed by atoms with van der Waals surface area (Å²) in [6.45, 7) is 1.52. The van der Waals surface area contributed by atoms with E-state index in [9.17, 15) is 14.4 Å². The van der Waals surface area contributed by atoms with Crippen molar-refractivity contribution in [2.75, 3.05) is 0 Å². The van der Waals surface area contributed by atoms with Crippen molar-refractivity contribution in [2.24, 2.45) is 0 Å². The van der Waals surface area contributed by atoms with Crippen molar-refractivity contribution in [1.82, 2.24) is 10.9 Å². The zero-order valence-electron chi connectivity index (χ0n) is 16.2. The number of carbonyl (C=O) groups excluding carboxylic acids is 3. The van der Waals surface area contributed by atoms with E-state index < -0.39 is 23.9 Å². The summed E-state index contributed by atoms with van der Waals surface area (Å²) >= 11 is 0. The quantitative estimate of drug-likeness (QED) is 0.460. The van der Waals surface area contributed by atoms with E-state index in [4.69, 9.17) is 13.9 Å². The minimum absolute atomic E-state index is 0.0605. The van der Waals surface area contributed by atoms with Crippen molar-refractivity contribution in [2.45, 2.75) is 19.6 Å². The number of rotatable bonds is 7. The Morgan fingerprint density at radius 2 is 1.57 bits per heavy atom. The van der Waals surface area contributed by atoms with Crippen LogP contribution in [0.1, 0.15) is 33.6 Å². The van der Waals surface area contributed by atoms with Crippen molar-refractivity contribution in [3.05, 3.63) is 89.9 Å². The summed E-state index contributed by atoms with van der Waals surface area (Å²) in [5, 5.41) is 0. The van der Waals surface area contributed by atoms with Crippen LogP contribution in [0, 0.1) is 0 Å². The lowest BCUT2D eigenvalue weighted by Crippen LogP contribution is -2.46. The molecule has 0 aliphatic rings. The molecule has 154 valence electrons. The Bertz CT molecular complexity index is 1000. The molecule has 2 N–H and O–H groups in total. The van der Waals surface area contributed by atoms with Crippen LogP contribution in [0.2, 0.25) is 0 Å². The number of esters is 1. The third-order valence-corrected chi connectivity index (χ3v) is 3.98. The number of hydrazine groups is 1. The first kappa shape index (κ1) is 20.7. The van der Waals surface area contributed by atoms with Gasteiger partial charge in [0, 0.05) is 5.56 Å². The third-order valence-electron chi connectivity index (χ3n) is 3.98. The van der Waals surface area contributed by atoms with Crippen LogP contribution in [0.25, 0.3) is 0 Å². The highest BCUT2D eigenvalue weighted by Crippen LogP contribution is 2.15. The number of furan rings is 1. The lowest BCUT2D eigenvalue weighted by molar-refractivity contribution is -0.129. The molecule has 0 aliphatic carbocycles. The van der Waals surface area contributed by atoms with Gasteiger partial charge in [0.1, 0.15) is 18.1 Å². The van der Waals surface area contributed by atoms with Gasteiger partial charge in [-0.3, -0.25) is 20.4 Å². The number of amides is 2. The van der Waals surface area contributed by atoms with Crippen LogP contribution in [0.15, 0.2) is 77.2 Å². The number of hydrogen-bond acceptors (Lipinski definition) is 6. The Balaban J connectivity index is 1.46. The highest BCUT2D eigenvalue weighted by Gasteiger charge is 2.22. The van der Waals surface area contributed by atoms with E-state index >= 15 is 0 Å². The molecule has 30 heavy (non-hydrogen) atoms. The number of ether oxygens (including phenoxy) is 2. The Morgan fingerprint density at radius 3 is 2.27 bits per heavy atom. The lowest BCUT2D eigenvalue weighted by atomic mass is 10.2. The maximum Gasteiger partial charge on any atom is 0.375 e. The number of nitrogens with one attached hydrogen (secondary N) is 2. The largest absolute Gasteiger partial charge is 0.486 e. The number of hydrogen-bond donors (Lipinski definition) is 2. The fraction of sp³-hybridized carbons (Fsp3) is 0.136. The normalized spacial score (nSPS) is 11.2. The van der Waals surface area contributed by atoms with Crippen molar-refractivity contribution in [1.29, 1.82) is 0 Å². The molecular formula is C22H20N2O6. The Hall–Kier alpha value is -4.07. The molecule has 0 aliphatic heterocycles. The smallest absolute Gasteiger partial charge is 0.375 e. The molecule has 2 amide bonds. The van der Waals surface area contributed by atoms with E-state index in [1.807, 2.05) is 18.2 Å². The predicted octanol–water partition coefficient (Wildman–Crippen LogP) is 2.87. The Kier molecular flexibility index (Phi) is 6.83. The second-order valence-corrected chi connectivity index (χ2v) is 6.22. The molecule has 1 aromatic heterocycles. The summed E-state index contributed by atoms with van der Waals surface area (Å²) < 4.78 is 16.0. The topological polar surface area (TPSA) is 107 Å². The Labute approximate surface area is 172 Å². The standard InChI is InChI=1S/C22H20N2O6/c1-15(20(25)23-24-21(26)16-8-4-2-5-9-16)29-22(27)19-13-12-18(30-19)14-28-17-10-6-3-7-11-17/h2-13,15H,14H2,1H3,(H,23,25)(H,24,26)/t15-/m1/s1. The van der Waals surface area contributed by atoms with Crippen LogP contribution in [-0.2, 0) is 16.1 Å². The van der Waals surface area contributed by atoms with Gasteiger partial charge in [0.05, 0.1) is 0 Å². The highest BCUT2D eigenvalue weighted by atomic mass is 16.6.